The summed E-state index contributed by atoms with van der Waals surface area (Å²) < 4.78 is 7.39. The minimum absolute atomic E-state index is 0.0657. The van der Waals surface area contributed by atoms with Gasteiger partial charge in [-0.05, 0) is 22.4 Å². The third kappa shape index (κ3) is 4.13. The summed E-state index contributed by atoms with van der Waals surface area (Å²) in [5.41, 5.74) is -0.0657. The van der Waals surface area contributed by atoms with E-state index in [1.807, 2.05) is 0 Å². The van der Waals surface area contributed by atoms with Crippen LogP contribution in [0, 0.1) is 0 Å². The third-order valence-electron chi connectivity index (χ3n) is 1.98. The Labute approximate surface area is 97.4 Å². The molecule has 15 heavy (non-hydrogen) atoms. The van der Waals surface area contributed by atoms with E-state index in [4.69, 9.17) is 4.74 Å². The van der Waals surface area contributed by atoms with Gasteiger partial charge >= 0.3 is 0 Å². The summed E-state index contributed by atoms with van der Waals surface area (Å²) in [5.74, 6) is 0. The fraction of sp³-hybridized carbons (Fsp3) is 0.600. The first-order valence-electron chi connectivity index (χ1n) is 5.03. The zero-order chi connectivity index (χ0) is 11.1. The predicted octanol–water partition coefficient (Wildman–Crippen LogP) is 1.82. The number of halogens is 1. The Hall–Kier alpha value is -0.680. The molecule has 0 unspecified atom stereocenters. The van der Waals surface area contributed by atoms with Gasteiger partial charge in [-0.1, -0.05) is 13.3 Å². The molecule has 1 aromatic rings. The SMILES string of the molecule is CCCCOCCn1cncc(Br)c1=O. The summed E-state index contributed by atoms with van der Waals surface area (Å²) in [4.78, 5) is 15.4. The third-order valence-corrected chi connectivity index (χ3v) is 2.52. The molecule has 0 spiro atoms. The number of hydrogen-bond acceptors (Lipinski definition) is 3. The number of aromatic nitrogens is 2. The summed E-state index contributed by atoms with van der Waals surface area (Å²) in [6.45, 7) is 3.98. The summed E-state index contributed by atoms with van der Waals surface area (Å²) in [6.07, 6.45) is 5.21. The van der Waals surface area contributed by atoms with Crippen LogP contribution in [-0.4, -0.2) is 22.8 Å². The average Bonchev–Trinajstić information content (AvgIpc) is 2.24. The second kappa shape index (κ2) is 6.74. The second-order valence-corrected chi connectivity index (χ2v) is 4.06. The van der Waals surface area contributed by atoms with Crippen molar-refractivity contribution in [3.8, 4) is 0 Å². The molecule has 84 valence electrons. The molecule has 0 aliphatic heterocycles. The minimum Gasteiger partial charge on any atom is -0.380 e. The quantitative estimate of drug-likeness (QED) is 0.744. The molecule has 4 nitrogen and oxygen atoms in total. The van der Waals surface area contributed by atoms with Crippen molar-refractivity contribution in [2.24, 2.45) is 0 Å². The standard InChI is InChI=1S/C10H15BrN2O2/c1-2-3-5-15-6-4-13-8-12-7-9(11)10(13)14/h7-8H,2-6H2,1H3. The first-order valence-corrected chi connectivity index (χ1v) is 5.82. The highest BCUT2D eigenvalue weighted by molar-refractivity contribution is 9.10. The molecule has 5 heteroatoms. The molecule has 0 bridgehead atoms. The maximum absolute atomic E-state index is 11.5. The van der Waals surface area contributed by atoms with E-state index in [9.17, 15) is 4.79 Å². The largest absolute Gasteiger partial charge is 0.380 e. The smallest absolute Gasteiger partial charge is 0.267 e. The molecule has 1 heterocycles. The Bertz CT molecular complexity index is 352. The van der Waals surface area contributed by atoms with Crippen molar-refractivity contribution in [3.63, 3.8) is 0 Å². The first-order chi connectivity index (χ1) is 7.25. The van der Waals surface area contributed by atoms with Crippen molar-refractivity contribution in [2.75, 3.05) is 13.2 Å². The van der Waals surface area contributed by atoms with Gasteiger partial charge in [0.2, 0.25) is 0 Å². The van der Waals surface area contributed by atoms with Gasteiger partial charge in [-0.2, -0.15) is 0 Å². The van der Waals surface area contributed by atoms with Crippen molar-refractivity contribution in [1.82, 2.24) is 9.55 Å². The van der Waals surface area contributed by atoms with Crippen molar-refractivity contribution in [2.45, 2.75) is 26.3 Å². The van der Waals surface area contributed by atoms with Crippen LogP contribution in [0.1, 0.15) is 19.8 Å². The maximum Gasteiger partial charge on any atom is 0.267 e. The Balaban J connectivity index is 2.38. The summed E-state index contributed by atoms with van der Waals surface area (Å²) in [7, 11) is 0. The molecule has 0 saturated carbocycles. The van der Waals surface area contributed by atoms with Crippen LogP contribution in [0.15, 0.2) is 21.8 Å². The number of rotatable bonds is 6. The second-order valence-electron chi connectivity index (χ2n) is 3.21. The molecule has 0 aromatic carbocycles. The van der Waals surface area contributed by atoms with E-state index < -0.39 is 0 Å². The molecule has 0 aliphatic carbocycles. The highest BCUT2D eigenvalue weighted by Crippen LogP contribution is 1.98. The van der Waals surface area contributed by atoms with Gasteiger partial charge in [0.1, 0.15) is 4.47 Å². The van der Waals surface area contributed by atoms with Gasteiger partial charge in [-0.15, -0.1) is 0 Å². The Morgan fingerprint density at radius 2 is 2.33 bits per heavy atom. The maximum atomic E-state index is 11.5. The van der Waals surface area contributed by atoms with Gasteiger partial charge in [0, 0.05) is 12.8 Å². The first kappa shape index (κ1) is 12.4. The molecule has 0 saturated heterocycles. The van der Waals surface area contributed by atoms with Crippen LogP contribution in [0.5, 0.6) is 0 Å². The minimum atomic E-state index is -0.0657. The fourth-order valence-electron chi connectivity index (χ4n) is 1.09. The highest BCUT2D eigenvalue weighted by Gasteiger charge is 1.99. The normalized spacial score (nSPS) is 10.5. The number of unbranched alkanes of at least 4 members (excludes halogenated alkanes) is 1. The van der Waals surface area contributed by atoms with E-state index in [-0.39, 0.29) is 5.56 Å². The lowest BCUT2D eigenvalue weighted by Crippen LogP contribution is -2.23. The zero-order valence-electron chi connectivity index (χ0n) is 8.78. The Morgan fingerprint density at radius 3 is 3.07 bits per heavy atom. The summed E-state index contributed by atoms with van der Waals surface area (Å²) >= 11 is 3.14. The Kier molecular flexibility index (Phi) is 5.57. The van der Waals surface area contributed by atoms with Crippen LogP contribution in [0.4, 0.5) is 0 Å². The van der Waals surface area contributed by atoms with Crippen molar-refractivity contribution >= 4 is 15.9 Å². The lowest BCUT2D eigenvalue weighted by molar-refractivity contribution is 0.122. The Morgan fingerprint density at radius 1 is 1.53 bits per heavy atom. The lowest BCUT2D eigenvalue weighted by Gasteiger charge is -2.05. The van der Waals surface area contributed by atoms with Gasteiger partial charge in [0.15, 0.2) is 0 Å². The molecule has 1 rings (SSSR count). The van der Waals surface area contributed by atoms with E-state index in [1.165, 1.54) is 17.1 Å². The number of nitrogens with zero attached hydrogens (tertiary/aromatic N) is 2. The van der Waals surface area contributed by atoms with Crippen molar-refractivity contribution < 1.29 is 4.74 Å². The summed E-state index contributed by atoms with van der Waals surface area (Å²) in [6, 6.07) is 0. The molecule has 1 aromatic heterocycles. The monoisotopic (exact) mass is 274 g/mol. The van der Waals surface area contributed by atoms with E-state index >= 15 is 0 Å². The lowest BCUT2D eigenvalue weighted by atomic mass is 10.4. The fourth-order valence-corrected chi connectivity index (χ4v) is 1.44. The van der Waals surface area contributed by atoms with Crippen molar-refractivity contribution in [1.29, 1.82) is 0 Å². The van der Waals surface area contributed by atoms with Crippen LogP contribution in [-0.2, 0) is 11.3 Å². The molecule has 0 amide bonds. The van der Waals surface area contributed by atoms with E-state index in [0.29, 0.717) is 17.6 Å². The molecule has 0 N–H and O–H groups in total. The van der Waals surface area contributed by atoms with E-state index in [0.717, 1.165) is 19.4 Å². The van der Waals surface area contributed by atoms with Gasteiger partial charge < -0.3 is 4.74 Å². The van der Waals surface area contributed by atoms with E-state index in [2.05, 4.69) is 27.8 Å². The topological polar surface area (TPSA) is 44.1 Å². The van der Waals surface area contributed by atoms with Gasteiger partial charge in [-0.3, -0.25) is 9.36 Å². The average molecular weight is 275 g/mol. The molecule has 0 aliphatic rings. The molecular formula is C10H15BrN2O2. The summed E-state index contributed by atoms with van der Waals surface area (Å²) in [5, 5.41) is 0. The molecule has 0 atom stereocenters. The van der Waals surface area contributed by atoms with Crippen LogP contribution in [0.25, 0.3) is 0 Å². The van der Waals surface area contributed by atoms with Crippen molar-refractivity contribution in [3.05, 3.63) is 27.4 Å². The van der Waals surface area contributed by atoms with Gasteiger partial charge in [0.05, 0.1) is 19.5 Å². The van der Waals surface area contributed by atoms with E-state index in [1.54, 1.807) is 0 Å². The van der Waals surface area contributed by atoms with Gasteiger partial charge in [-0.25, -0.2) is 4.98 Å². The van der Waals surface area contributed by atoms with Crippen LogP contribution in [0.3, 0.4) is 0 Å². The van der Waals surface area contributed by atoms with Crippen LogP contribution >= 0.6 is 15.9 Å². The highest BCUT2D eigenvalue weighted by atomic mass is 79.9. The molecule has 0 radical (unpaired) electrons. The molecule has 0 fully saturated rings. The van der Waals surface area contributed by atoms with Crippen LogP contribution < -0.4 is 5.56 Å². The predicted molar refractivity (Wildman–Crippen MR) is 61.9 cm³/mol. The van der Waals surface area contributed by atoms with Gasteiger partial charge in [0.25, 0.3) is 5.56 Å². The van der Waals surface area contributed by atoms with Crippen LogP contribution in [0.2, 0.25) is 0 Å². The number of hydrogen-bond donors (Lipinski definition) is 0. The zero-order valence-corrected chi connectivity index (χ0v) is 10.4. The number of ether oxygens (including phenoxy) is 1. The molecular weight excluding hydrogens is 260 g/mol.